The van der Waals surface area contributed by atoms with E-state index >= 15 is 0 Å². The predicted molar refractivity (Wildman–Crippen MR) is 162 cm³/mol. The number of fused-ring (bicyclic) bond motifs is 1. The van der Waals surface area contributed by atoms with E-state index in [9.17, 15) is 5.11 Å². The third-order valence-corrected chi connectivity index (χ3v) is 7.82. The van der Waals surface area contributed by atoms with Crippen LogP contribution in [0.25, 0.3) is 44.7 Å². The molecule has 206 valence electrons. The highest BCUT2D eigenvalue weighted by molar-refractivity contribution is 5.99. The first-order chi connectivity index (χ1) is 19.5. The summed E-state index contributed by atoms with van der Waals surface area (Å²) in [6.45, 7) is 10.3. The molecule has 1 aliphatic rings. The van der Waals surface area contributed by atoms with Gasteiger partial charge in [-0.3, -0.25) is 14.5 Å². The molecule has 0 amide bonds. The Hall–Kier alpha value is -3.98. The molecular formula is C32H37N7O. The van der Waals surface area contributed by atoms with Crippen LogP contribution in [0.2, 0.25) is 0 Å². The molecule has 4 heterocycles. The topological polar surface area (TPSA) is 99.2 Å². The van der Waals surface area contributed by atoms with Crippen LogP contribution in [0.3, 0.4) is 0 Å². The Labute approximate surface area is 235 Å². The number of rotatable bonds is 8. The molecule has 1 saturated heterocycles. The number of hydrogen-bond donors (Lipinski definition) is 3. The lowest BCUT2D eigenvalue weighted by Gasteiger charge is -2.34. The van der Waals surface area contributed by atoms with Gasteiger partial charge in [-0.2, -0.15) is 5.10 Å². The van der Waals surface area contributed by atoms with Gasteiger partial charge in [0.1, 0.15) is 11.3 Å². The molecule has 8 heteroatoms. The van der Waals surface area contributed by atoms with Crippen LogP contribution in [0.15, 0.2) is 73.1 Å². The summed E-state index contributed by atoms with van der Waals surface area (Å²) in [5.41, 5.74) is 15.2. The first-order valence-electron chi connectivity index (χ1n) is 14.1. The lowest BCUT2D eigenvalue weighted by Crippen LogP contribution is -2.46. The van der Waals surface area contributed by atoms with Gasteiger partial charge < -0.3 is 15.8 Å². The number of pyridine rings is 1. The zero-order valence-corrected chi connectivity index (χ0v) is 23.2. The van der Waals surface area contributed by atoms with Crippen molar-refractivity contribution in [1.29, 1.82) is 0 Å². The molecule has 8 nitrogen and oxygen atoms in total. The summed E-state index contributed by atoms with van der Waals surface area (Å²) >= 11 is 0. The van der Waals surface area contributed by atoms with Crippen LogP contribution < -0.4 is 5.73 Å². The molecule has 2 aromatic carbocycles. The van der Waals surface area contributed by atoms with E-state index in [0.29, 0.717) is 0 Å². The Kier molecular flexibility index (Phi) is 7.38. The Morgan fingerprint density at radius 3 is 2.30 bits per heavy atom. The van der Waals surface area contributed by atoms with Crippen LogP contribution >= 0.6 is 0 Å². The lowest BCUT2D eigenvalue weighted by molar-refractivity contribution is 0.108. The molecule has 4 N–H and O–H groups in total. The summed E-state index contributed by atoms with van der Waals surface area (Å²) in [5, 5.41) is 15.2. The van der Waals surface area contributed by atoms with Crippen LogP contribution in [0.4, 0.5) is 5.69 Å². The van der Waals surface area contributed by atoms with Crippen molar-refractivity contribution < 1.29 is 5.11 Å². The number of β-amino-alcohol motifs (C(OH)–C–C–N with tert-alkyl or cyclic N) is 1. The number of nitrogens with one attached hydrogen (secondary N) is 1. The second-order valence-electron chi connectivity index (χ2n) is 10.9. The molecule has 40 heavy (non-hydrogen) atoms. The van der Waals surface area contributed by atoms with Gasteiger partial charge in [0.05, 0.1) is 6.61 Å². The van der Waals surface area contributed by atoms with Gasteiger partial charge in [-0.15, -0.1) is 0 Å². The molecule has 0 radical (unpaired) electrons. The van der Waals surface area contributed by atoms with Gasteiger partial charge in [-0.25, -0.2) is 4.98 Å². The van der Waals surface area contributed by atoms with E-state index < -0.39 is 0 Å². The summed E-state index contributed by atoms with van der Waals surface area (Å²) in [7, 11) is 0. The Morgan fingerprint density at radius 2 is 1.60 bits per heavy atom. The van der Waals surface area contributed by atoms with Crippen LogP contribution in [-0.4, -0.2) is 74.0 Å². The van der Waals surface area contributed by atoms with Crippen molar-refractivity contribution >= 4 is 16.7 Å². The molecule has 3 aromatic heterocycles. The number of nitrogens with zero attached hydrogens (tertiary/aromatic N) is 5. The highest BCUT2D eigenvalue weighted by Gasteiger charge is 2.19. The van der Waals surface area contributed by atoms with Gasteiger partial charge in [-0.1, -0.05) is 36.4 Å². The molecule has 0 atom stereocenters. The molecule has 0 aliphatic carbocycles. The number of benzene rings is 2. The van der Waals surface area contributed by atoms with E-state index in [4.69, 9.17) is 10.8 Å². The van der Waals surface area contributed by atoms with Crippen LogP contribution in [0.1, 0.15) is 25.5 Å². The minimum Gasteiger partial charge on any atom is -0.399 e. The van der Waals surface area contributed by atoms with E-state index in [0.717, 1.165) is 89.6 Å². The number of anilines is 1. The van der Waals surface area contributed by atoms with E-state index in [1.165, 1.54) is 5.56 Å². The molecule has 1 fully saturated rings. The van der Waals surface area contributed by atoms with Crippen molar-refractivity contribution in [3.8, 4) is 33.6 Å². The van der Waals surface area contributed by atoms with Crippen molar-refractivity contribution in [2.24, 2.45) is 0 Å². The maximum atomic E-state index is 9.18. The lowest BCUT2D eigenvalue weighted by atomic mass is 10.00. The normalized spacial score (nSPS) is 14.9. The summed E-state index contributed by atoms with van der Waals surface area (Å²) in [6, 6.07) is 21.3. The molecule has 0 unspecified atom stereocenters. The first kappa shape index (κ1) is 26.3. The number of aliphatic hydroxyl groups excluding tert-OH is 1. The van der Waals surface area contributed by atoms with Gasteiger partial charge in [0.25, 0.3) is 0 Å². The van der Waals surface area contributed by atoms with Gasteiger partial charge in [0, 0.05) is 85.6 Å². The second kappa shape index (κ2) is 11.3. The first-order valence-corrected chi connectivity index (χ1v) is 14.1. The largest absolute Gasteiger partial charge is 0.399 e. The highest BCUT2D eigenvalue weighted by Crippen LogP contribution is 2.37. The number of nitrogen functional groups attached to an aromatic ring is 1. The summed E-state index contributed by atoms with van der Waals surface area (Å²) < 4.78 is 2.02. The van der Waals surface area contributed by atoms with E-state index in [-0.39, 0.29) is 12.6 Å². The number of piperazine rings is 1. The van der Waals surface area contributed by atoms with E-state index in [1.807, 2.05) is 35.1 Å². The van der Waals surface area contributed by atoms with Crippen LogP contribution in [0.5, 0.6) is 0 Å². The molecular weight excluding hydrogens is 498 g/mol. The molecule has 0 saturated carbocycles. The fourth-order valence-corrected chi connectivity index (χ4v) is 5.49. The number of hydrogen-bond acceptors (Lipinski definition) is 6. The summed E-state index contributed by atoms with van der Waals surface area (Å²) in [6.07, 6.45) is 4.00. The number of aliphatic hydroxyl groups is 1. The number of aromatic nitrogens is 4. The maximum Gasteiger partial charge on any atom is 0.138 e. The van der Waals surface area contributed by atoms with Crippen LogP contribution in [0, 0.1) is 0 Å². The molecule has 6 rings (SSSR count). The standard InChI is InChI=1S/C32H37N7O/c1-22(2)39-21-29(31(36-39)25-7-9-26(33)10-8-25)27-11-12-34-32-28(27)19-30(35-32)24-5-3-23(4-6-24)20-38-15-13-37(14-16-38)17-18-40/h3-12,19,21-22,40H,13-18,20,33H2,1-2H3,(H,34,35). The predicted octanol–water partition coefficient (Wildman–Crippen LogP) is 5.03. The number of H-pyrrole nitrogens is 1. The van der Waals surface area contributed by atoms with Crippen molar-refractivity contribution in [3.63, 3.8) is 0 Å². The number of aromatic amines is 1. The van der Waals surface area contributed by atoms with Crippen molar-refractivity contribution in [2.45, 2.75) is 26.4 Å². The van der Waals surface area contributed by atoms with Gasteiger partial charge >= 0.3 is 0 Å². The monoisotopic (exact) mass is 535 g/mol. The average Bonchev–Trinajstić information content (AvgIpc) is 3.61. The summed E-state index contributed by atoms with van der Waals surface area (Å²) in [5.74, 6) is 0. The van der Waals surface area contributed by atoms with Crippen LogP contribution in [-0.2, 0) is 6.54 Å². The van der Waals surface area contributed by atoms with Gasteiger partial charge in [-0.05, 0) is 54.8 Å². The highest BCUT2D eigenvalue weighted by atomic mass is 16.3. The zero-order valence-electron chi connectivity index (χ0n) is 23.2. The van der Waals surface area contributed by atoms with Gasteiger partial charge in [0.2, 0.25) is 0 Å². The Bertz CT molecular complexity index is 1580. The van der Waals surface area contributed by atoms with Crippen molar-refractivity contribution in [1.82, 2.24) is 29.5 Å². The van der Waals surface area contributed by atoms with E-state index in [2.05, 4.69) is 76.2 Å². The Morgan fingerprint density at radius 1 is 0.900 bits per heavy atom. The quantitative estimate of drug-likeness (QED) is 0.241. The fraction of sp³-hybridized carbons (Fsp3) is 0.312. The van der Waals surface area contributed by atoms with Crippen molar-refractivity contribution in [2.75, 3.05) is 45.1 Å². The average molecular weight is 536 g/mol. The number of nitrogens with two attached hydrogens (primary N) is 1. The smallest absolute Gasteiger partial charge is 0.138 e. The van der Waals surface area contributed by atoms with Gasteiger partial charge in [0.15, 0.2) is 0 Å². The molecule has 0 bridgehead atoms. The maximum absolute atomic E-state index is 9.18. The Balaban J connectivity index is 1.28. The molecule has 5 aromatic rings. The summed E-state index contributed by atoms with van der Waals surface area (Å²) in [4.78, 5) is 13.0. The minimum atomic E-state index is 0.234. The van der Waals surface area contributed by atoms with E-state index in [1.54, 1.807) is 0 Å². The molecule has 0 spiro atoms. The second-order valence-corrected chi connectivity index (χ2v) is 10.9. The minimum absolute atomic E-state index is 0.234. The zero-order chi connectivity index (χ0) is 27.6. The van der Waals surface area contributed by atoms with Crippen molar-refractivity contribution in [3.05, 3.63) is 78.6 Å². The third-order valence-electron chi connectivity index (χ3n) is 7.82. The third kappa shape index (κ3) is 5.38. The molecule has 1 aliphatic heterocycles. The SMILES string of the molecule is CC(C)n1cc(-c2ccnc3[nH]c(-c4ccc(CN5CCN(CCO)CC5)cc4)cc23)c(-c2ccc(N)cc2)n1. The fourth-order valence-electron chi connectivity index (χ4n) is 5.49.